The lowest BCUT2D eigenvalue weighted by Gasteiger charge is -2.24. The van der Waals surface area contributed by atoms with Gasteiger partial charge in [-0.3, -0.25) is 0 Å². The number of aliphatic hydroxyl groups excluding tert-OH is 1. The second-order valence-corrected chi connectivity index (χ2v) is 7.84. The first-order chi connectivity index (χ1) is 9.32. The molecular formula is C15H23NO3S. The quantitative estimate of drug-likeness (QED) is 0.878. The average Bonchev–Trinajstić information content (AvgIpc) is 3.20. The molecule has 1 atom stereocenters. The first kappa shape index (κ1) is 15.5. The fourth-order valence-corrected chi connectivity index (χ4v) is 4.07. The summed E-state index contributed by atoms with van der Waals surface area (Å²) in [6, 6.07) is 6.70. The van der Waals surface area contributed by atoms with Gasteiger partial charge in [0.1, 0.15) is 0 Å². The Kier molecular flexibility index (Phi) is 4.52. The summed E-state index contributed by atoms with van der Waals surface area (Å²) in [6.45, 7) is 6.28. The second-order valence-electron chi connectivity index (χ2n) is 5.94. The van der Waals surface area contributed by atoms with Crippen LogP contribution in [0.3, 0.4) is 0 Å². The minimum Gasteiger partial charge on any atom is -0.389 e. The van der Waals surface area contributed by atoms with E-state index in [9.17, 15) is 13.5 Å². The molecule has 20 heavy (non-hydrogen) atoms. The van der Waals surface area contributed by atoms with Crippen molar-refractivity contribution < 1.29 is 13.5 Å². The van der Waals surface area contributed by atoms with Crippen LogP contribution in [0.25, 0.3) is 0 Å². The topological polar surface area (TPSA) is 57.6 Å². The molecule has 0 spiro atoms. The molecule has 0 radical (unpaired) electrons. The predicted molar refractivity (Wildman–Crippen MR) is 78.8 cm³/mol. The molecule has 1 saturated carbocycles. The average molecular weight is 297 g/mol. The van der Waals surface area contributed by atoms with E-state index < -0.39 is 16.1 Å². The van der Waals surface area contributed by atoms with Gasteiger partial charge in [-0.25, -0.2) is 8.42 Å². The lowest BCUT2D eigenvalue weighted by atomic mass is 10.1. The highest BCUT2D eigenvalue weighted by atomic mass is 32.2. The third-order valence-electron chi connectivity index (χ3n) is 3.47. The van der Waals surface area contributed by atoms with Crippen LogP contribution in [0.4, 0.5) is 0 Å². The van der Waals surface area contributed by atoms with Gasteiger partial charge in [-0.05, 0) is 43.4 Å². The monoisotopic (exact) mass is 297 g/mol. The Balaban J connectivity index is 2.27. The molecule has 0 heterocycles. The second kappa shape index (κ2) is 5.84. The van der Waals surface area contributed by atoms with Gasteiger partial charge in [0.05, 0.1) is 11.0 Å². The minimum absolute atomic E-state index is 0.166. The van der Waals surface area contributed by atoms with Crippen LogP contribution in [0, 0.1) is 5.92 Å². The van der Waals surface area contributed by atoms with E-state index in [0.29, 0.717) is 17.4 Å². The summed E-state index contributed by atoms with van der Waals surface area (Å²) < 4.78 is 27.0. The summed E-state index contributed by atoms with van der Waals surface area (Å²) >= 11 is 0. The first-order valence-corrected chi connectivity index (χ1v) is 8.56. The van der Waals surface area contributed by atoms with E-state index in [0.717, 1.165) is 18.4 Å². The van der Waals surface area contributed by atoms with Crippen molar-refractivity contribution in [3.05, 3.63) is 29.8 Å². The number of hydrogen-bond acceptors (Lipinski definition) is 3. The highest BCUT2D eigenvalue weighted by Gasteiger charge is 2.38. The number of nitrogens with zero attached hydrogens (tertiary/aromatic N) is 1. The Labute approximate surface area is 121 Å². The van der Waals surface area contributed by atoms with Gasteiger partial charge in [-0.2, -0.15) is 4.31 Å². The van der Waals surface area contributed by atoms with Crippen LogP contribution in [0.1, 0.15) is 45.3 Å². The van der Waals surface area contributed by atoms with Crippen LogP contribution in [0.5, 0.6) is 0 Å². The Morgan fingerprint density at radius 3 is 2.15 bits per heavy atom. The highest BCUT2D eigenvalue weighted by Crippen LogP contribution is 2.33. The Morgan fingerprint density at radius 1 is 1.20 bits per heavy atom. The molecule has 1 aliphatic rings. The van der Waals surface area contributed by atoms with E-state index >= 15 is 0 Å². The third kappa shape index (κ3) is 3.40. The van der Waals surface area contributed by atoms with Crippen LogP contribution in [0.15, 0.2) is 29.2 Å². The summed E-state index contributed by atoms with van der Waals surface area (Å²) in [4.78, 5) is 0.314. The van der Waals surface area contributed by atoms with Crippen molar-refractivity contribution >= 4 is 10.0 Å². The lowest BCUT2D eigenvalue weighted by Crippen LogP contribution is -2.36. The van der Waals surface area contributed by atoms with E-state index in [1.54, 1.807) is 35.5 Å². The maximum atomic E-state index is 12.7. The van der Waals surface area contributed by atoms with Crippen molar-refractivity contribution in [2.24, 2.45) is 5.92 Å². The molecule has 1 aromatic rings. The Bertz CT molecular complexity index is 545. The zero-order valence-electron chi connectivity index (χ0n) is 12.3. The van der Waals surface area contributed by atoms with Crippen LogP contribution < -0.4 is 0 Å². The number of benzene rings is 1. The van der Waals surface area contributed by atoms with Crippen molar-refractivity contribution in [3.8, 4) is 0 Å². The van der Waals surface area contributed by atoms with E-state index in [1.807, 2.05) is 13.8 Å². The molecule has 0 bridgehead atoms. The Morgan fingerprint density at radius 2 is 1.75 bits per heavy atom. The van der Waals surface area contributed by atoms with Crippen molar-refractivity contribution in [1.29, 1.82) is 0 Å². The normalized spacial score (nSPS) is 17.7. The maximum Gasteiger partial charge on any atom is 0.243 e. The number of hydrogen-bond donors (Lipinski definition) is 1. The number of rotatable bonds is 6. The molecule has 1 aliphatic carbocycles. The Hall–Kier alpha value is -0.910. The van der Waals surface area contributed by atoms with Crippen molar-refractivity contribution in [2.75, 3.05) is 6.54 Å². The zero-order chi connectivity index (χ0) is 14.9. The van der Waals surface area contributed by atoms with Gasteiger partial charge in [0, 0.05) is 12.6 Å². The van der Waals surface area contributed by atoms with E-state index in [4.69, 9.17) is 0 Å². The summed E-state index contributed by atoms with van der Waals surface area (Å²) in [5, 5.41) is 9.48. The standard InChI is InChI=1S/C15H23NO3S/c1-11(2)10-16(14-6-7-14)20(18,19)15-8-4-13(5-9-15)12(3)17/h4-5,8-9,11-12,14,17H,6-7,10H2,1-3H3. The molecular weight excluding hydrogens is 274 g/mol. The molecule has 5 heteroatoms. The molecule has 1 fully saturated rings. The van der Waals surface area contributed by atoms with E-state index in [2.05, 4.69) is 0 Å². The van der Waals surface area contributed by atoms with Crippen molar-refractivity contribution in [3.63, 3.8) is 0 Å². The molecule has 2 rings (SSSR count). The highest BCUT2D eigenvalue weighted by molar-refractivity contribution is 7.89. The van der Waals surface area contributed by atoms with Crippen molar-refractivity contribution in [1.82, 2.24) is 4.31 Å². The van der Waals surface area contributed by atoms with Crippen LogP contribution in [0.2, 0.25) is 0 Å². The van der Waals surface area contributed by atoms with Gasteiger partial charge < -0.3 is 5.11 Å². The van der Waals surface area contributed by atoms with Gasteiger partial charge in [0.2, 0.25) is 10.0 Å². The van der Waals surface area contributed by atoms with Gasteiger partial charge in [0.15, 0.2) is 0 Å². The molecule has 1 unspecified atom stereocenters. The number of sulfonamides is 1. The maximum absolute atomic E-state index is 12.7. The first-order valence-electron chi connectivity index (χ1n) is 7.12. The summed E-state index contributed by atoms with van der Waals surface area (Å²) in [6.07, 6.45) is 1.33. The van der Waals surface area contributed by atoms with Crippen molar-refractivity contribution in [2.45, 2.75) is 50.7 Å². The van der Waals surface area contributed by atoms with Gasteiger partial charge >= 0.3 is 0 Å². The molecule has 112 valence electrons. The fraction of sp³-hybridized carbons (Fsp3) is 0.600. The minimum atomic E-state index is -3.42. The summed E-state index contributed by atoms with van der Waals surface area (Å²) in [5.41, 5.74) is 0.728. The van der Waals surface area contributed by atoms with Crippen LogP contribution in [-0.2, 0) is 10.0 Å². The molecule has 4 nitrogen and oxygen atoms in total. The molecule has 0 aliphatic heterocycles. The molecule has 0 amide bonds. The molecule has 1 aromatic carbocycles. The summed E-state index contributed by atoms with van der Waals surface area (Å²) in [7, 11) is -3.42. The largest absolute Gasteiger partial charge is 0.389 e. The summed E-state index contributed by atoms with van der Waals surface area (Å²) in [5.74, 6) is 0.308. The zero-order valence-corrected chi connectivity index (χ0v) is 13.1. The fourth-order valence-electron chi connectivity index (χ4n) is 2.22. The van der Waals surface area contributed by atoms with E-state index in [-0.39, 0.29) is 6.04 Å². The molecule has 0 saturated heterocycles. The van der Waals surface area contributed by atoms with Gasteiger partial charge in [0.25, 0.3) is 0 Å². The van der Waals surface area contributed by atoms with Crippen LogP contribution >= 0.6 is 0 Å². The van der Waals surface area contributed by atoms with Gasteiger partial charge in [-0.1, -0.05) is 26.0 Å². The molecule has 1 N–H and O–H groups in total. The van der Waals surface area contributed by atoms with E-state index in [1.165, 1.54) is 0 Å². The number of aliphatic hydroxyl groups is 1. The smallest absolute Gasteiger partial charge is 0.243 e. The van der Waals surface area contributed by atoms with Gasteiger partial charge in [-0.15, -0.1) is 0 Å². The lowest BCUT2D eigenvalue weighted by molar-refractivity contribution is 0.199. The van der Waals surface area contributed by atoms with Crippen LogP contribution in [-0.4, -0.2) is 30.4 Å². The third-order valence-corrected chi connectivity index (χ3v) is 5.40. The predicted octanol–water partition coefficient (Wildman–Crippen LogP) is 2.55. The SMILES string of the molecule is CC(C)CN(C1CC1)S(=O)(=O)c1ccc(C(C)O)cc1. The molecule has 0 aromatic heterocycles.